The van der Waals surface area contributed by atoms with Gasteiger partial charge in [-0.15, -0.1) is 11.8 Å². The Balaban J connectivity index is 1.93. The number of carboxylic acid groups (broad SMARTS) is 1. The second-order valence-electron chi connectivity index (χ2n) is 9.43. The van der Waals surface area contributed by atoms with Crippen LogP contribution in [0.4, 0.5) is 0 Å². The van der Waals surface area contributed by atoms with Crippen LogP contribution in [-0.4, -0.2) is 76.7 Å². The Bertz CT molecular complexity index is 1230. The lowest BCUT2D eigenvalue weighted by Gasteiger charge is -2.24. The van der Waals surface area contributed by atoms with Crippen LogP contribution >= 0.6 is 11.8 Å². The molecule has 38 heavy (non-hydrogen) atoms. The Morgan fingerprint density at radius 3 is 2.42 bits per heavy atom. The van der Waals surface area contributed by atoms with E-state index in [0.29, 0.717) is 11.4 Å². The number of H-pyrrole nitrogens is 1. The number of thioether (sulfide) groups is 1. The predicted molar refractivity (Wildman–Crippen MR) is 142 cm³/mol. The first-order chi connectivity index (χ1) is 18.0. The fraction of sp³-hybridized carbons (Fsp3) is 0.480. The first-order valence-corrected chi connectivity index (χ1v) is 13.3. The number of aromatic amines is 1. The number of carbonyl (C=O) groups excluding carboxylic acids is 4. The molecule has 0 unspecified atom stereocenters. The summed E-state index contributed by atoms with van der Waals surface area (Å²) in [5, 5.41) is 21.2. The van der Waals surface area contributed by atoms with Crippen molar-refractivity contribution in [3.05, 3.63) is 29.3 Å². The van der Waals surface area contributed by atoms with E-state index in [1.165, 1.54) is 11.8 Å². The average molecular weight is 547 g/mol. The molecule has 2 aromatic rings. The fourth-order valence-corrected chi connectivity index (χ4v) is 5.18. The third-order valence-electron chi connectivity index (χ3n) is 6.47. The van der Waals surface area contributed by atoms with Gasteiger partial charge in [0.2, 0.25) is 23.6 Å². The Labute approximate surface area is 224 Å². The second kappa shape index (κ2) is 12.8. The lowest BCUT2D eigenvalue weighted by Crippen LogP contribution is -2.55. The molecule has 1 aromatic heterocycles. The molecule has 1 aliphatic heterocycles. The van der Waals surface area contributed by atoms with Gasteiger partial charge < -0.3 is 37.1 Å². The smallest absolute Gasteiger partial charge is 0.327 e. The van der Waals surface area contributed by atoms with E-state index in [1.54, 1.807) is 6.92 Å². The zero-order valence-electron chi connectivity index (χ0n) is 21.6. The van der Waals surface area contributed by atoms with E-state index in [1.807, 2.05) is 32.0 Å². The maximum Gasteiger partial charge on any atom is 0.327 e. The van der Waals surface area contributed by atoms with Gasteiger partial charge in [0, 0.05) is 16.7 Å². The minimum atomic E-state index is -1.24. The highest BCUT2D eigenvalue weighted by atomic mass is 32.2. The number of carboxylic acids is 1. The van der Waals surface area contributed by atoms with Gasteiger partial charge in [0.05, 0.1) is 24.2 Å². The molecule has 4 amide bonds. The molecule has 0 radical (unpaired) electrons. The van der Waals surface area contributed by atoms with Crippen molar-refractivity contribution in [1.29, 1.82) is 0 Å². The van der Waals surface area contributed by atoms with Crippen molar-refractivity contribution in [3.8, 4) is 0 Å². The standard InChI is InChI=1S/C25H34N6O6S/c1-4-13(3)21-23(35)28-9-19(32)29-18(25(36)37)11-38-24-15(14-6-5-12(2)7-17(14)30-24)8-16(26)22(34)27-10-20(33)31-21/h5-7,13,16,18,21,30H,4,8-11,26H2,1-3H3,(H,27,34)(H,28,35)(H,29,32)(H,31,33)(H,36,37)/t13-,16-,18-,21-/m0/s1. The number of nitrogens with two attached hydrogens (primary N) is 1. The number of benzene rings is 1. The summed E-state index contributed by atoms with van der Waals surface area (Å²) in [4.78, 5) is 65.7. The van der Waals surface area contributed by atoms with Crippen LogP contribution in [0.2, 0.25) is 0 Å². The third kappa shape index (κ3) is 7.25. The van der Waals surface area contributed by atoms with Crippen LogP contribution in [0.3, 0.4) is 0 Å². The van der Waals surface area contributed by atoms with Gasteiger partial charge in [-0.05, 0) is 36.5 Å². The van der Waals surface area contributed by atoms with Gasteiger partial charge in [-0.25, -0.2) is 4.79 Å². The summed E-state index contributed by atoms with van der Waals surface area (Å²) in [7, 11) is 0. The number of hydrogen-bond acceptors (Lipinski definition) is 7. The fourth-order valence-electron chi connectivity index (χ4n) is 4.07. The maximum absolute atomic E-state index is 12.8. The number of fused-ring (bicyclic) bond motifs is 3. The van der Waals surface area contributed by atoms with Gasteiger partial charge >= 0.3 is 5.97 Å². The van der Waals surface area contributed by atoms with Crippen LogP contribution < -0.4 is 27.0 Å². The monoisotopic (exact) mass is 546 g/mol. The molecule has 1 aliphatic rings. The molecule has 0 aliphatic carbocycles. The van der Waals surface area contributed by atoms with Gasteiger partial charge in [-0.3, -0.25) is 19.2 Å². The van der Waals surface area contributed by atoms with E-state index in [9.17, 15) is 29.1 Å². The van der Waals surface area contributed by atoms with Crippen molar-refractivity contribution >= 4 is 52.3 Å². The van der Waals surface area contributed by atoms with E-state index in [4.69, 9.17) is 5.73 Å². The van der Waals surface area contributed by atoms with Crippen molar-refractivity contribution in [3.63, 3.8) is 0 Å². The number of rotatable bonds is 3. The highest BCUT2D eigenvalue weighted by Gasteiger charge is 2.28. The number of hydrogen-bond donors (Lipinski definition) is 7. The molecule has 8 N–H and O–H groups in total. The Morgan fingerprint density at radius 1 is 1.11 bits per heavy atom. The van der Waals surface area contributed by atoms with E-state index in [-0.39, 0.29) is 24.6 Å². The van der Waals surface area contributed by atoms with E-state index < -0.39 is 54.3 Å². The van der Waals surface area contributed by atoms with Gasteiger partial charge in [-0.2, -0.15) is 0 Å². The first-order valence-electron chi connectivity index (χ1n) is 12.4. The largest absolute Gasteiger partial charge is 0.480 e. The second-order valence-corrected chi connectivity index (χ2v) is 10.5. The summed E-state index contributed by atoms with van der Waals surface area (Å²) in [5.41, 5.74) is 8.74. The molecule has 1 aromatic carbocycles. The molecule has 206 valence electrons. The number of aryl methyl sites for hydroxylation is 1. The third-order valence-corrected chi connectivity index (χ3v) is 7.61. The lowest BCUT2D eigenvalue weighted by molar-refractivity contribution is -0.141. The number of carbonyl (C=O) groups is 5. The number of nitrogens with one attached hydrogen (secondary N) is 5. The van der Waals surface area contributed by atoms with Crippen molar-refractivity contribution < 1.29 is 29.1 Å². The molecule has 0 saturated carbocycles. The van der Waals surface area contributed by atoms with Crippen molar-refractivity contribution in [1.82, 2.24) is 26.3 Å². The van der Waals surface area contributed by atoms with Crippen molar-refractivity contribution in [2.24, 2.45) is 11.7 Å². The molecule has 3 rings (SSSR count). The summed E-state index contributed by atoms with van der Waals surface area (Å²) in [6, 6.07) is 2.56. The molecule has 12 nitrogen and oxygen atoms in total. The lowest BCUT2D eigenvalue weighted by atomic mass is 9.98. The Kier molecular flexibility index (Phi) is 9.75. The topological polar surface area (TPSA) is 196 Å². The maximum atomic E-state index is 12.8. The minimum absolute atomic E-state index is 0.0131. The number of amides is 4. The summed E-state index contributed by atoms with van der Waals surface area (Å²) in [5.74, 6) is -3.91. The molecule has 0 saturated heterocycles. The molecule has 2 heterocycles. The SMILES string of the molecule is CC[C@H](C)[C@@H]1NC(=O)CNC(=O)[C@@H](N)Cc2c([nH]c3cc(C)ccc23)SC[C@@H](C(=O)O)NC(=O)CNC1=O. The predicted octanol–water partition coefficient (Wildman–Crippen LogP) is -0.215. The first kappa shape index (κ1) is 29.0. The van der Waals surface area contributed by atoms with Crippen LogP contribution in [0, 0.1) is 12.8 Å². The van der Waals surface area contributed by atoms with Gasteiger partial charge in [0.1, 0.15) is 12.1 Å². The zero-order chi connectivity index (χ0) is 28.0. The highest BCUT2D eigenvalue weighted by molar-refractivity contribution is 7.99. The zero-order valence-corrected chi connectivity index (χ0v) is 22.4. The van der Waals surface area contributed by atoms with Gasteiger partial charge in [0.15, 0.2) is 0 Å². The Morgan fingerprint density at radius 2 is 1.76 bits per heavy atom. The van der Waals surface area contributed by atoms with Crippen LogP contribution in [0.25, 0.3) is 10.9 Å². The van der Waals surface area contributed by atoms with Crippen LogP contribution in [0.5, 0.6) is 0 Å². The normalized spacial score (nSPS) is 23.2. The summed E-state index contributed by atoms with van der Waals surface area (Å²) >= 11 is 1.18. The number of aromatic nitrogens is 1. The molecular weight excluding hydrogens is 512 g/mol. The van der Waals surface area contributed by atoms with E-state index in [2.05, 4.69) is 26.3 Å². The van der Waals surface area contributed by atoms with Crippen molar-refractivity contribution in [2.75, 3.05) is 18.8 Å². The average Bonchev–Trinajstić information content (AvgIpc) is 3.21. The van der Waals surface area contributed by atoms with Crippen LogP contribution in [0.15, 0.2) is 23.2 Å². The summed E-state index contributed by atoms with van der Waals surface area (Å²) < 4.78 is 0. The summed E-state index contributed by atoms with van der Waals surface area (Å²) in [6.45, 7) is 4.71. The minimum Gasteiger partial charge on any atom is -0.480 e. The molecule has 0 spiro atoms. The van der Waals surface area contributed by atoms with Gasteiger partial charge in [-0.1, -0.05) is 32.4 Å². The summed E-state index contributed by atoms with van der Waals surface area (Å²) in [6.07, 6.45) is 0.688. The molecule has 13 heteroatoms. The van der Waals surface area contributed by atoms with Crippen molar-refractivity contribution in [2.45, 2.75) is 56.8 Å². The van der Waals surface area contributed by atoms with E-state index in [0.717, 1.165) is 22.0 Å². The Hall–Kier alpha value is -3.58. The number of aliphatic carboxylic acids is 1. The molecule has 4 atom stereocenters. The quantitative estimate of drug-likeness (QED) is 0.274. The van der Waals surface area contributed by atoms with Crippen LogP contribution in [0.1, 0.15) is 31.4 Å². The molecule has 0 fully saturated rings. The van der Waals surface area contributed by atoms with E-state index >= 15 is 0 Å². The molecular formula is C25H34N6O6S. The molecule has 0 bridgehead atoms. The van der Waals surface area contributed by atoms with Gasteiger partial charge in [0.25, 0.3) is 0 Å². The highest BCUT2D eigenvalue weighted by Crippen LogP contribution is 2.31. The van der Waals surface area contributed by atoms with Crippen LogP contribution in [-0.2, 0) is 30.4 Å².